The molecular weight excluding hydrogens is 433 g/mol. The molecule has 0 aliphatic rings. The average Bonchev–Trinajstić information content (AvgIpc) is 2.81. The van der Waals surface area contributed by atoms with Crippen LogP contribution in [0.25, 0.3) is 0 Å². The third-order valence-corrected chi connectivity index (χ3v) is 5.60. The molecular formula is C22H26FN5O3S. The molecule has 1 aromatic carbocycles. The van der Waals surface area contributed by atoms with Crippen molar-refractivity contribution < 1.29 is 13.9 Å². The molecule has 0 fully saturated rings. The summed E-state index contributed by atoms with van der Waals surface area (Å²) in [6.45, 7) is 2.42. The monoisotopic (exact) mass is 459 g/mol. The van der Waals surface area contributed by atoms with E-state index in [1.54, 1.807) is 44.9 Å². The molecule has 170 valence electrons. The number of methoxy groups -OCH3 is 2. The molecule has 0 bridgehead atoms. The van der Waals surface area contributed by atoms with E-state index in [-0.39, 0.29) is 11.4 Å². The molecule has 0 aliphatic heterocycles. The second-order valence-corrected chi connectivity index (χ2v) is 7.96. The van der Waals surface area contributed by atoms with E-state index in [0.29, 0.717) is 55.1 Å². The summed E-state index contributed by atoms with van der Waals surface area (Å²) in [5.74, 6) is 0.896. The molecule has 0 saturated carbocycles. The molecule has 0 aliphatic carbocycles. The summed E-state index contributed by atoms with van der Waals surface area (Å²) in [7, 11) is 3.30. The van der Waals surface area contributed by atoms with Crippen LogP contribution in [0, 0.1) is 5.82 Å². The summed E-state index contributed by atoms with van der Waals surface area (Å²) in [4.78, 5) is 30.5. The highest BCUT2D eigenvalue weighted by Crippen LogP contribution is 2.18. The van der Waals surface area contributed by atoms with Crippen LogP contribution in [0.2, 0.25) is 0 Å². The Morgan fingerprint density at radius 1 is 0.969 bits per heavy atom. The first kappa shape index (κ1) is 23.8. The number of aromatic nitrogens is 4. The highest BCUT2D eigenvalue weighted by molar-refractivity contribution is 7.98. The zero-order valence-corrected chi connectivity index (χ0v) is 18.9. The predicted octanol–water partition coefficient (Wildman–Crippen LogP) is 2.68. The van der Waals surface area contributed by atoms with E-state index < -0.39 is 0 Å². The van der Waals surface area contributed by atoms with Gasteiger partial charge in [0.05, 0.1) is 13.2 Å². The smallest absolute Gasteiger partial charge is 0.255 e. The Hall–Kier alpha value is -2.82. The van der Waals surface area contributed by atoms with Crippen LogP contribution in [0.5, 0.6) is 0 Å². The van der Waals surface area contributed by atoms with Gasteiger partial charge in [0.1, 0.15) is 5.82 Å². The van der Waals surface area contributed by atoms with Gasteiger partial charge in [-0.05, 0) is 23.3 Å². The van der Waals surface area contributed by atoms with Crippen LogP contribution in [-0.4, -0.2) is 60.5 Å². The molecule has 0 unspecified atom stereocenters. The van der Waals surface area contributed by atoms with Crippen LogP contribution in [0.15, 0.2) is 52.8 Å². The van der Waals surface area contributed by atoms with Crippen molar-refractivity contribution in [3.05, 3.63) is 75.7 Å². The van der Waals surface area contributed by atoms with Crippen molar-refractivity contribution in [2.75, 3.05) is 45.4 Å². The number of rotatable bonds is 12. The van der Waals surface area contributed by atoms with Crippen molar-refractivity contribution >= 4 is 17.7 Å². The third-order valence-electron chi connectivity index (χ3n) is 4.64. The first-order valence-corrected chi connectivity index (χ1v) is 11.1. The Bertz CT molecular complexity index is 1020. The maximum atomic E-state index is 13.0. The summed E-state index contributed by atoms with van der Waals surface area (Å²) in [5, 5.41) is 0.515. The average molecular weight is 460 g/mol. The molecule has 0 spiro atoms. The minimum absolute atomic E-state index is 0.201. The summed E-state index contributed by atoms with van der Waals surface area (Å²) in [5.41, 5.74) is 2.09. The van der Waals surface area contributed by atoms with Crippen LogP contribution < -0.4 is 10.5 Å². The lowest BCUT2D eigenvalue weighted by Crippen LogP contribution is -2.32. The molecule has 10 heteroatoms. The molecule has 1 N–H and O–H groups in total. The molecule has 0 atom stereocenters. The minimum Gasteiger partial charge on any atom is -0.383 e. The molecule has 3 rings (SSSR count). The number of H-pyrrole nitrogens is 1. The van der Waals surface area contributed by atoms with Crippen molar-refractivity contribution in [1.29, 1.82) is 0 Å². The van der Waals surface area contributed by atoms with Gasteiger partial charge >= 0.3 is 0 Å². The molecule has 2 heterocycles. The van der Waals surface area contributed by atoms with E-state index in [9.17, 15) is 9.18 Å². The van der Waals surface area contributed by atoms with E-state index >= 15 is 0 Å². The summed E-state index contributed by atoms with van der Waals surface area (Å²) >= 11 is 1.39. The highest BCUT2D eigenvalue weighted by Gasteiger charge is 2.11. The Morgan fingerprint density at radius 2 is 1.62 bits per heavy atom. The van der Waals surface area contributed by atoms with Gasteiger partial charge in [0.2, 0.25) is 5.95 Å². The Kier molecular flexibility index (Phi) is 9.14. The zero-order chi connectivity index (χ0) is 22.8. The molecule has 2 aromatic heterocycles. The first-order chi connectivity index (χ1) is 15.6. The van der Waals surface area contributed by atoms with Gasteiger partial charge in [-0.1, -0.05) is 23.9 Å². The van der Waals surface area contributed by atoms with Crippen molar-refractivity contribution in [2.45, 2.75) is 17.3 Å². The lowest BCUT2D eigenvalue weighted by atomic mass is 10.1. The standard InChI is InChI=1S/C22H26FN5O3S/c1-30-9-7-28(8-10-31-2)21-24-12-17(13-25-21)11-18-14-26-22(27-20(18)29)32-15-16-3-5-19(23)6-4-16/h3-6,12-14H,7-11,15H2,1-2H3,(H,26,27,29). The normalized spacial score (nSPS) is 11.0. The van der Waals surface area contributed by atoms with Gasteiger partial charge in [-0.15, -0.1) is 0 Å². The summed E-state index contributed by atoms with van der Waals surface area (Å²) in [6, 6.07) is 6.25. The van der Waals surface area contributed by atoms with Crippen LogP contribution in [0.1, 0.15) is 16.7 Å². The summed E-state index contributed by atoms with van der Waals surface area (Å²) in [6.07, 6.45) is 5.38. The van der Waals surface area contributed by atoms with Gasteiger partial charge in [0.25, 0.3) is 5.56 Å². The maximum absolute atomic E-state index is 13.0. The van der Waals surface area contributed by atoms with Gasteiger partial charge in [0.15, 0.2) is 5.16 Å². The SMILES string of the molecule is COCCN(CCOC)c1ncc(Cc2cnc(SCc3ccc(F)cc3)[nH]c2=O)cn1. The Balaban J connectivity index is 1.61. The highest BCUT2D eigenvalue weighted by atomic mass is 32.2. The van der Waals surface area contributed by atoms with Gasteiger partial charge in [-0.25, -0.2) is 19.3 Å². The maximum Gasteiger partial charge on any atom is 0.255 e. The number of nitrogens with one attached hydrogen (secondary N) is 1. The van der Waals surface area contributed by atoms with Gasteiger partial charge in [-0.2, -0.15) is 0 Å². The Labute approximate surface area is 190 Å². The van der Waals surface area contributed by atoms with Crippen molar-refractivity contribution in [1.82, 2.24) is 19.9 Å². The molecule has 0 saturated heterocycles. The largest absolute Gasteiger partial charge is 0.383 e. The number of hydrogen-bond acceptors (Lipinski definition) is 8. The molecule has 0 radical (unpaired) electrons. The number of benzene rings is 1. The van der Waals surface area contributed by atoms with Gasteiger partial charge in [-0.3, -0.25) is 4.79 Å². The van der Waals surface area contributed by atoms with Crippen molar-refractivity contribution in [2.24, 2.45) is 0 Å². The fourth-order valence-electron chi connectivity index (χ4n) is 2.87. The second-order valence-electron chi connectivity index (χ2n) is 7.00. The number of anilines is 1. The first-order valence-electron chi connectivity index (χ1n) is 10.1. The lowest BCUT2D eigenvalue weighted by molar-refractivity contribution is 0.189. The summed E-state index contributed by atoms with van der Waals surface area (Å²) < 4.78 is 23.3. The number of halogens is 1. The van der Waals surface area contributed by atoms with E-state index in [1.165, 1.54) is 23.9 Å². The predicted molar refractivity (Wildman–Crippen MR) is 122 cm³/mol. The zero-order valence-electron chi connectivity index (χ0n) is 18.1. The van der Waals surface area contributed by atoms with E-state index in [1.807, 2.05) is 4.90 Å². The number of nitrogens with zero attached hydrogens (tertiary/aromatic N) is 4. The second kappa shape index (κ2) is 12.3. The van der Waals surface area contributed by atoms with Crippen LogP contribution in [-0.2, 0) is 21.6 Å². The number of aromatic amines is 1. The van der Waals surface area contributed by atoms with Crippen molar-refractivity contribution in [3.8, 4) is 0 Å². The van der Waals surface area contributed by atoms with Gasteiger partial charge < -0.3 is 19.4 Å². The minimum atomic E-state index is -0.274. The molecule has 0 amide bonds. The lowest BCUT2D eigenvalue weighted by Gasteiger charge is -2.21. The van der Waals surface area contributed by atoms with E-state index in [2.05, 4.69) is 19.9 Å². The fourth-order valence-corrected chi connectivity index (χ4v) is 3.66. The van der Waals surface area contributed by atoms with Crippen LogP contribution in [0.3, 0.4) is 0 Å². The number of hydrogen-bond donors (Lipinski definition) is 1. The number of thioether (sulfide) groups is 1. The van der Waals surface area contributed by atoms with Crippen LogP contribution in [0.4, 0.5) is 10.3 Å². The fraction of sp³-hybridized carbons (Fsp3) is 0.364. The number of ether oxygens (including phenoxy) is 2. The van der Waals surface area contributed by atoms with Crippen molar-refractivity contribution in [3.63, 3.8) is 0 Å². The van der Waals surface area contributed by atoms with Gasteiger partial charge in [0, 0.05) is 63.6 Å². The van der Waals surface area contributed by atoms with Crippen LogP contribution >= 0.6 is 11.8 Å². The molecule has 3 aromatic rings. The van der Waals surface area contributed by atoms with E-state index in [0.717, 1.165) is 11.1 Å². The third kappa shape index (κ3) is 7.11. The molecule has 8 nitrogen and oxygen atoms in total. The quantitative estimate of drug-likeness (QED) is 0.326. The topological polar surface area (TPSA) is 93.2 Å². The van der Waals surface area contributed by atoms with E-state index in [4.69, 9.17) is 9.47 Å². The Morgan fingerprint density at radius 3 is 2.22 bits per heavy atom. The molecule has 32 heavy (non-hydrogen) atoms.